The minimum atomic E-state index is 0. The second-order valence-electron chi connectivity index (χ2n) is 6.75. The van der Waals surface area contributed by atoms with E-state index in [1.165, 1.54) is 32.4 Å². The van der Waals surface area contributed by atoms with Crippen molar-refractivity contribution >= 4 is 29.9 Å². The van der Waals surface area contributed by atoms with E-state index in [-0.39, 0.29) is 29.5 Å². The monoisotopic (exact) mass is 461 g/mol. The zero-order chi connectivity index (χ0) is 17.3. The molecule has 0 radical (unpaired) electrons. The highest BCUT2D eigenvalue weighted by atomic mass is 127. The van der Waals surface area contributed by atoms with Gasteiger partial charge in [0.15, 0.2) is 5.96 Å². The van der Waals surface area contributed by atoms with Crippen molar-refractivity contribution in [3.63, 3.8) is 0 Å². The first-order chi connectivity index (χ1) is 11.6. The molecule has 142 valence electrons. The van der Waals surface area contributed by atoms with Crippen molar-refractivity contribution in [2.75, 3.05) is 39.8 Å². The van der Waals surface area contributed by atoms with Gasteiger partial charge < -0.3 is 15.4 Å². The Morgan fingerprint density at radius 3 is 2.68 bits per heavy atom. The number of aromatic nitrogens is 1. The van der Waals surface area contributed by atoms with Gasteiger partial charge in [-0.2, -0.15) is 0 Å². The van der Waals surface area contributed by atoms with Crippen molar-refractivity contribution in [3.8, 4) is 5.75 Å². The van der Waals surface area contributed by atoms with Crippen molar-refractivity contribution in [1.82, 2.24) is 20.5 Å². The molecule has 1 aromatic rings. The van der Waals surface area contributed by atoms with Crippen LogP contribution >= 0.6 is 24.0 Å². The summed E-state index contributed by atoms with van der Waals surface area (Å²) in [5, 5.41) is 6.73. The number of hydrogen-bond acceptors (Lipinski definition) is 4. The van der Waals surface area contributed by atoms with Crippen LogP contribution in [0.25, 0.3) is 0 Å². The number of nitrogens with one attached hydrogen (secondary N) is 2. The summed E-state index contributed by atoms with van der Waals surface area (Å²) in [6.07, 6.45) is 7.43. The van der Waals surface area contributed by atoms with E-state index in [0.717, 1.165) is 18.3 Å². The molecule has 2 N–H and O–H groups in total. The molecule has 1 saturated heterocycles. The highest BCUT2D eigenvalue weighted by molar-refractivity contribution is 14.0. The smallest absolute Gasteiger partial charge is 0.191 e. The molecule has 0 amide bonds. The Balaban J connectivity index is 0.00000312. The Morgan fingerprint density at radius 1 is 1.28 bits per heavy atom. The number of pyridine rings is 1. The van der Waals surface area contributed by atoms with Gasteiger partial charge in [-0.1, -0.05) is 6.42 Å². The van der Waals surface area contributed by atoms with E-state index >= 15 is 0 Å². The summed E-state index contributed by atoms with van der Waals surface area (Å²) in [7, 11) is 1.80. The van der Waals surface area contributed by atoms with Crippen LogP contribution in [0.5, 0.6) is 5.75 Å². The lowest BCUT2D eigenvalue weighted by molar-refractivity contribution is 0.0982. The number of hydrogen-bond donors (Lipinski definition) is 2. The van der Waals surface area contributed by atoms with Crippen molar-refractivity contribution < 1.29 is 4.74 Å². The highest BCUT2D eigenvalue weighted by Crippen LogP contribution is 2.19. The molecule has 6 nitrogen and oxygen atoms in total. The maximum atomic E-state index is 5.63. The van der Waals surface area contributed by atoms with E-state index in [2.05, 4.69) is 39.4 Å². The minimum absolute atomic E-state index is 0. The first-order valence-corrected chi connectivity index (χ1v) is 8.84. The average Bonchev–Trinajstić information content (AvgIpc) is 2.63. The predicted molar refractivity (Wildman–Crippen MR) is 114 cm³/mol. The van der Waals surface area contributed by atoms with Crippen LogP contribution in [-0.4, -0.2) is 61.2 Å². The second-order valence-corrected chi connectivity index (χ2v) is 6.75. The lowest BCUT2D eigenvalue weighted by atomic mass is 9.98. The molecule has 2 heterocycles. The van der Waals surface area contributed by atoms with Gasteiger partial charge in [0.2, 0.25) is 0 Å². The Morgan fingerprint density at radius 2 is 2.04 bits per heavy atom. The van der Waals surface area contributed by atoms with Crippen LogP contribution in [0.3, 0.4) is 0 Å². The molecule has 1 aliphatic rings. The van der Waals surface area contributed by atoms with Gasteiger partial charge in [-0.15, -0.1) is 24.0 Å². The van der Waals surface area contributed by atoms with E-state index in [4.69, 9.17) is 4.74 Å². The number of halogens is 1. The third-order valence-electron chi connectivity index (χ3n) is 4.42. The molecule has 0 spiro atoms. The second kappa shape index (κ2) is 11.5. The minimum Gasteiger partial charge on any atom is -0.490 e. The molecule has 0 saturated carbocycles. The molecule has 1 aromatic heterocycles. The van der Waals surface area contributed by atoms with Crippen LogP contribution in [0.2, 0.25) is 0 Å². The Labute approximate surface area is 168 Å². The Hall–Kier alpha value is -1.09. The van der Waals surface area contributed by atoms with E-state index in [0.29, 0.717) is 13.2 Å². The van der Waals surface area contributed by atoms with Gasteiger partial charge in [0.25, 0.3) is 0 Å². The average molecular weight is 461 g/mol. The van der Waals surface area contributed by atoms with Gasteiger partial charge in [0.05, 0.1) is 12.7 Å². The van der Waals surface area contributed by atoms with Crippen LogP contribution in [0.15, 0.2) is 29.5 Å². The van der Waals surface area contributed by atoms with E-state index in [9.17, 15) is 0 Å². The lowest BCUT2D eigenvalue weighted by Gasteiger charge is -2.41. The van der Waals surface area contributed by atoms with Gasteiger partial charge in [0, 0.05) is 25.3 Å². The predicted octanol–water partition coefficient (Wildman–Crippen LogP) is 2.51. The third-order valence-corrected chi connectivity index (χ3v) is 4.42. The SMILES string of the molecule is CN=C(NCCOc1cccnc1)NCC(C)(C)N1CCCCC1.I. The Bertz CT molecular complexity index is 503. The molecule has 25 heavy (non-hydrogen) atoms. The number of likely N-dealkylation sites (tertiary alicyclic amines) is 1. The number of nitrogens with zero attached hydrogens (tertiary/aromatic N) is 3. The number of rotatable bonds is 7. The molecule has 0 bridgehead atoms. The molecule has 7 heteroatoms. The van der Waals surface area contributed by atoms with Crippen molar-refractivity contribution in [3.05, 3.63) is 24.5 Å². The first kappa shape index (κ1) is 22.0. The van der Waals surface area contributed by atoms with Crippen LogP contribution < -0.4 is 15.4 Å². The summed E-state index contributed by atoms with van der Waals surface area (Å²) in [5.74, 6) is 1.60. The highest BCUT2D eigenvalue weighted by Gasteiger charge is 2.27. The fraction of sp³-hybridized carbons (Fsp3) is 0.667. The topological polar surface area (TPSA) is 61.8 Å². The zero-order valence-corrected chi connectivity index (χ0v) is 18.0. The molecule has 0 atom stereocenters. The maximum absolute atomic E-state index is 5.63. The third kappa shape index (κ3) is 7.77. The van der Waals surface area contributed by atoms with Crippen LogP contribution in [0.1, 0.15) is 33.1 Å². The first-order valence-electron chi connectivity index (χ1n) is 8.84. The fourth-order valence-corrected chi connectivity index (χ4v) is 2.90. The maximum Gasteiger partial charge on any atom is 0.191 e. The van der Waals surface area contributed by atoms with Gasteiger partial charge in [-0.05, 0) is 51.9 Å². The fourth-order valence-electron chi connectivity index (χ4n) is 2.90. The van der Waals surface area contributed by atoms with Gasteiger partial charge in [-0.25, -0.2) is 0 Å². The molecule has 2 rings (SSSR count). The van der Waals surface area contributed by atoms with Gasteiger partial charge in [0.1, 0.15) is 12.4 Å². The van der Waals surface area contributed by atoms with Gasteiger partial charge in [-0.3, -0.25) is 14.9 Å². The van der Waals surface area contributed by atoms with Crippen LogP contribution in [0.4, 0.5) is 0 Å². The molecule has 0 unspecified atom stereocenters. The number of ether oxygens (including phenoxy) is 1. The quantitative estimate of drug-likeness (QED) is 0.283. The van der Waals surface area contributed by atoms with Crippen LogP contribution in [-0.2, 0) is 0 Å². The van der Waals surface area contributed by atoms with Crippen molar-refractivity contribution in [2.24, 2.45) is 4.99 Å². The Kier molecular flexibility index (Phi) is 10.1. The summed E-state index contributed by atoms with van der Waals surface area (Å²) in [5.41, 5.74) is 0.129. The molecule has 0 aromatic carbocycles. The standard InChI is InChI=1S/C18H31N5O.HI/c1-18(2,23-11-5-4-6-12-23)15-22-17(19-3)21-10-13-24-16-8-7-9-20-14-16;/h7-9,14H,4-6,10-13,15H2,1-3H3,(H2,19,21,22);1H. The molecular weight excluding hydrogens is 429 g/mol. The summed E-state index contributed by atoms with van der Waals surface area (Å²) in [6.45, 7) is 9.12. The van der Waals surface area contributed by atoms with E-state index < -0.39 is 0 Å². The molecule has 0 aliphatic carbocycles. The van der Waals surface area contributed by atoms with Crippen molar-refractivity contribution in [2.45, 2.75) is 38.6 Å². The van der Waals surface area contributed by atoms with Gasteiger partial charge >= 0.3 is 0 Å². The summed E-state index contributed by atoms with van der Waals surface area (Å²) >= 11 is 0. The summed E-state index contributed by atoms with van der Waals surface area (Å²) in [6, 6.07) is 3.77. The molecule has 1 fully saturated rings. The van der Waals surface area contributed by atoms with E-state index in [1.54, 1.807) is 19.4 Å². The van der Waals surface area contributed by atoms with Crippen molar-refractivity contribution in [1.29, 1.82) is 0 Å². The largest absolute Gasteiger partial charge is 0.490 e. The van der Waals surface area contributed by atoms with Crippen LogP contribution in [0, 0.1) is 0 Å². The number of guanidine groups is 1. The normalized spacial score (nSPS) is 16.0. The summed E-state index contributed by atoms with van der Waals surface area (Å²) in [4.78, 5) is 10.9. The zero-order valence-electron chi connectivity index (χ0n) is 15.6. The summed E-state index contributed by atoms with van der Waals surface area (Å²) < 4.78 is 5.63. The molecular formula is C18H32IN5O. The number of aliphatic imine (C=N–C) groups is 1. The lowest BCUT2D eigenvalue weighted by Crippen LogP contribution is -2.55. The number of piperidine rings is 1. The molecule has 1 aliphatic heterocycles. The van der Waals surface area contributed by atoms with E-state index in [1.807, 2.05) is 12.1 Å².